The maximum absolute atomic E-state index is 12.2. The second-order valence-electron chi connectivity index (χ2n) is 3.70. The van der Waals surface area contributed by atoms with Crippen LogP contribution in [0, 0.1) is 10.1 Å². The molecule has 1 aromatic carbocycles. The summed E-state index contributed by atoms with van der Waals surface area (Å²) in [4.78, 5) is 9.92. The number of sulfone groups is 1. The van der Waals surface area contributed by atoms with Crippen molar-refractivity contribution in [3.63, 3.8) is 0 Å². The van der Waals surface area contributed by atoms with Crippen LogP contribution < -0.4 is 0 Å². The first-order chi connectivity index (χ1) is 8.30. The lowest BCUT2D eigenvalue weighted by molar-refractivity contribution is -0.387. The van der Waals surface area contributed by atoms with Gasteiger partial charge in [-0.05, 0) is 25.5 Å². The molecule has 0 aliphatic heterocycles. The molecule has 0 heterocycles. The quantitative estimate of drug-likeness (QED) is 0.461. The highest BCUT2D eigenvalue weighted by molar-refractivity contribution is 9.10. The Morgan fingerprint density at radius 1 is 1.50 bits per heavy atom. The van der Waals surface area contributed by atoms with Crippen molar-refractivity contribution in [1.82, 2.24) is 0 Å². The Morgan fingerprint density at radius 2 is 2.11 bits per heavy atom. The zero-order valence-electron chi connectivity index (χ0n) is 9.47. The number of hydrogen-bond acceptors (Lipinski definition) is 4. The second-order valence-corrected chi connectivity index (χ2v) is 7.33. The third-order valence-corrected chi connectivity index (χ3v) is 5.43. The highest BCUT2D eigenvalue weighted by atomic mass is 79.9. The molecule has 0 aliphatic rings. The van der Waals surface area contributed by atoms with Crippen LogP contribution >= 0.6 is 27.5 Å². The van der Waals surface area contributed by atoms with Crippen molar-refractivity contribution in [3.05, 3.63) is 32.8 Å². The van der Waals surface area contributed by atoms with Crippen LogP contribution in [-0.2, 0) is 9.84 Å². The number of halogens is 2. The number of hydrogen-bond donors (Lipinski definition) is 0. The summed E-state index contributed by atoms with van der Waals surface area (Å²) < 4.78 is 24.8. The van der Waals surface area contributed by atoms with Crippen LogP contribution in [-0.4, -0.2) is 24.5 Å². The molecule has 0 spiro atoms. The molecule has 1 atom stereocenters. The smallest absolute Gasteiger partial charge is 0.258 e. The van der Waals surface area contributed by atoms with Gasteiger partial charge in [0.05, 0.1) is 10.2 Å². The number of alkyl halides is 1. The molecule has 0 aliphatic carbocycles. The summed E-state index contributed by atoms with van der Waals surface area (Å²) in [6.45, 7) is 1.49. The molecule has 1 unspecified atom stereocenters. The van der Waals surface area contributed by atoms with Gasteiger partial charge in [-0.1, -0.05) is 15.9 Å². The van der Waals surface area contributed by atoms with Gasteiger partial charge < -0.3 is 0 Å². The van der Waals surface area contributed by atoms with Crippen molar-refractivity contribution in [1.29, 1.82) is 0 Å². The van der Waals surface area contributed by atoms with Gasteiger partial charge in [0.1, 0.15) is 4.90 Å². The van der Waals surface area contributed by atoms with Crippen LogP contribution in [0.2, 0.25) is 0 Å². The van der Waals surface area contributed by atoms with Crippen LogP contribution in [0.5, 0.6) is 0 Å². The Hall–Kier alpha value is -0.660. The minimum atomic E-state index is -3.74. The molecule has 0 fully saturated rings. The molecule has 0 saturated heterocycles. The molecule has 0 radical (unpaired) electrons. The van der Waals surface area contributed by atoms with Gasteiger partial charge in [0.25, 0.3) is 5.69 Å². The van der Waals surface area contributed by atoms with Crippen molar-refractivity contribution < 1.29 is 13.3 Å². The summed E-state index contributed by atoms with van der Waals surface area (Å²) in [5, 5.41) is 10.1. The van der Waals surface area contributed by atoms with Gasteiger partial charge >= 0.3 is 0 Å². The van der Waals surface area contributed by atoms with Gasteiger partial charge in [0.2, 0.25) is 0 Å². The Balaban J connectivity index is 3.37. The summed E-state index contributed by atoms with van der Waals surface area (Å²) in [6, 6.07) is 3.88. The Morgan fingerprint density at radius 3 is 2.61 bits per heavy atom. The van der Waals surface area contributed by atoms with Crippen LogP contribution in [0.4, 0.5) is 5.69 Å². The fourth-order valence-electron chi connectivity index (χ4n) is 1.40. The van der Waals surface area contributed by atoms with E-state index in [9.17, 15) is 18.5 Å². The van der Waals surface area contributed by atoms with Gasteiger partial charge in [0, 0.05) is 16.4 Å². The molecule has 8 heteroatoms. The number of nitrogens with zero attached hydrogens (tertiary/aromatic N) is 1. The average Bonchev–Trinajstić information content (AvgIpc) is 2.28. The Kier molecular flexibility index (Phi) is 5.12. The highest BCUT2D eigenvalue weighted by Gasteiger charge is 2.30. The minimum absolute atomic E-state index is 0.185. The zero-order chi connectivity index (χ0) is 13.9. The fourth-order valence-corrected chi connectivity index (χ4v) is 3.75. The third-order valence-electron chi connectivity index (χ3n) is 2.47. The van der Waals surface area contributed by atoms with Crippen LogP contribution in [0.15, 0.2) is 27.6 Å². The molecule has 18 heavy (non-hydrogen) atoms. The topological polar surface area (TPSA) is 77.3 Å². The monoisotopic (exact) mass is 355 g/mol. The Bertz CT molecular complexity index is 561. The SMILES string of the molecule is CC(CCCl)S(=O)(=O)c1ccc(Br)cc1[N+](=O)[O-]. The maximum atomic E-state index is 12.2. The van der Waals surface area contributed by atoms with Crippen LogP contribution in [0.3, 0.4) is 0 Å². The zero-order valence-corrected chi connectivity index (χ0v) is 12.6. The number of rotatable bonds is 5. The van der Waals surface area contributed by atoms with E-state index in [1.165, 1.54) is 25.1 Å². The summed E-state index contributed by atoms with van der Waals surface area (Å²) in [7, 11) is -3.74. The molecule has 5 nitrogen and oxygen atoms in total. The van der Waals surface area contributed by atoms with E-state index in [-0.39, 0.29) is 17.2 Å². The second kappa shape index (κ2) is 5.99. The summed E-state index contributed by atoms with van der Waals surface area (Å²) in [6.07, 6.45) is 0.247. The lowest BCUT2D eigenvalue weighted by Gasteiger charge is -2.11. The first-order valence-corrected chi connectivity index (χ1v) is 7.92. The van der Waals surface area contributed by atoms with Crippen LogP contribution in [0.25, 0.3) is 0 Å². The molecular weight excluding hydrogens is 346 g/mol. The lowest BCUT2D eigenvalue weighted by atomic mass is 10.3. The number of nitro benzene ring substituents is 1. The fraction of sp³-hybridized carbons (Fsp3) is 0.400. The third kappa shape index (κ3) is 3.21. The van der Waals surface area contributed by atoms with Gasteiger partial charge in [-0.25, -0.2) is 8.42 Å². The predicted molar refractivity (Wildman–Crippen MR) is 72.8 cm³/mol. The van der Waals surface area contributed by atoms with E-state index in [0.717, 1.165) is 0 Å². The van der Waals surface area contributed by atoms with Gasteiger partial charge in [-0.15, -0.1) is 11.6 Å². The highest BCUT2D eigenvalue weighted by Crippen LogP contribution is 2.30. The van der Waals surface area contributed by atoms with Crippen molar-refractivity contribution >= 4 is 43.1 Å². The molecule has 0 saturated carbocycles. The van der Waals surface area contributed by atoms with Crippen molar-refractivity contribution in [2.24, 2.45) is 0 Å². The molecule has 100 valence electrons. The van der Waals surface area contributed by atoms with Gasteiger partial charge in [-0.2, -0.15) is 0 Å². The van der Waals surface area contributed by atoms with E-state index >= 15 is 0 Å². The molecule has 0 bridgehead atoms. The lowest BCUT2D eigenvalue weighted by Crippen LogP contribution is -2.19. The number of benzene rings is 1. The van der Waals surface area contributed by atoms with E-state index in [0.29, 0.717) is 4.47 Å². The molecule has 0 N–H and O–H groups in total. The number of nitro groups is 1. The molecule has 0 amide bonds. The van der Waals surface area contributed by atoms with Gasteiger partial charge in [0.15, 0.2) is 9.84 Å². The Labute approximate surface area is 118 Å². The van der Waals surface area contributed by atoms with Gasteiger partial charge in [-0.3, -0.25) is 10.1 Å². The van der Waals surface area contributed by atoms with Crippen molar-refractivity contribution in [2.75, 3.05) is 5.88 Å². The molecule has 0 aromatic heterocycles. The molecule has 1 aromatic rings. The standard InChI is InChI=1S/C10H11BrClNO4S/c1-7(4-5-12)18(16,17)10-3-2-8(11)6-9(10)13(14)15/h2-3,6-7H,4-5H2,1H3. The first kappa shape index (κ1) is 15.4. The van der Waals surface area contributed by atoms with E-state index in [1.54, 1.807) is 0 Å². The summed E-state index contributed by atoms with van der Waals surface area (Å²) >= 11 is 8.59. The first-order valence-electron chi connectivity index (χ1n) is 5.04. The molecule has 1 rings (SSSR count). The minimum Gasteiger partial charge on any atom is -0.258 e. The maximum Gasteiger partial charge on any atom is 0.289 e. The predicted octanol–water partition coefficient (Wildman–Crippen LogP) is 3.15. The van der Waals surface area contributed by atoms with Crippen molar-refractivity contribution in [3.8, 4) is 0 Å². The van der Waals surface area contributed by atoms with E-state index in [2.05, 4.69) is 15.9 Å². The average molecular weight is 357 g/mol. The summed E-state index contributed by atoms with van der Waals surface area (Å²) in [5.41, 5.74) is -0.425. The van der Waals surface area contributed by atoms with Crippen molar-refractivity contribution in [2.45, 2.75) is 23.5 Å². The molecular formula is C10H11BrClNO4S. The van der Waals surface area contributed by atoms with E-state index < -0.39 is 25.7 Å². The normalized spacial score (nSPS) is 13.3. The van der Waals surface area contributed by atoms with E-state index in [4.69, 9.17) is 11.6 Å². The largest absolute Gasteiger partial charge is 0.289 e. The summed E-state index contributed by atoms with van der Waals surface area (Å²) in [5.74, 6) is 0.185. The van der Waals surface area contributed by atoms with E-state index in [1.807, 2.05) is 0 Å². The van der Waals surface area contributed by atoms with Crippen LogP contribution in [0.1, 0.15) is 13.3 Å².